The van der Waals surface area contributed by atoms with Gasteiger partial charge in [-0.15, -0.1) is 0 Å². The number of nitrogens with zero attached hydrogens (tertiary/aromatic N) is 2. The van der Waals surface area contributed by atoms with E-state index in [0.29, 0.717) is 0 Å². The molecule has 2 aromatic heterocycles. The van der Waals surface area contributed by atoms with E-state index in [1.807, 2.05) is 41.2 Å². The summed E-state index contributed by atoms with van der Waals surface area (Å²) >= 11 is 0. The van der Waals surface area contributed by atoms with Gasteiger partial charge in [-0.25, -0.2) is 0 Å². The van der Waals surface area contributed by atoms with Gasteiger partial charge in [0.2, 0.25) is 0 Å². The molecule has 2 rings (SSSR count). The first-order valence-electron chi connectivity index (χ1n) is 5.01. The van der Waals surface area contributed by atoms with Gasteiger partial charge in [-0.05, 0) is 29.8 Å². The average molecular weight is 216 g/mol. The SMILES string of the molecule is O=C(O)CC(c1ccncc1)n1cccc1. The molecule has 2 heterocycles. The zero-order valence-corrected chi connectivity index (χ0v) is 8.65. The number of carboxylic acids is 1. The first-order valence-corrected chi connectivity index (χ1v) is 5.01. The Balaban J connectivity index is 2.32. The molecule has 0 aromatic carbocycles. The highest BCUT2D eigenvalue weighted by Gasteiger charge is 2.16. The molecule has 0 aliphatic carbocycles. The van der Waals surface area contributed by atoms with Crippen LogP contribution in [0.5, 0.6) is 0 Å². The molecule has 0 spiro atoms. The fourth-order valence-corrected chi connectivity index (χ4v) is 1.70. The number of carboxylic acid groups (broad SMARTS) is 1. The molecule has 4 nitrogen and oxygen atoms in total. The summed E-state index contributed by atoms with van der Waals surface area (Å²) in [5, 5.41) is 8.92. The van der Waals surface area contributed by atoms with E-state index in [4.69, 9.17) is 5.11 Å². The van der Waals surface area contributed by atoms with Gasteiger partial charge in [0.25, 0.3) is 0 Å². The molecule has 0 aliphatic rings. The van der Waals surface area contributed by atoms with Crippen LogP contribution >= 0.6 is 0 Å². The summed E-state index contributed by atoms with van der Waals surface area (Å²) < 4.78 is 1.89. The van der Waals surface area contributed by atoms with E-state index < -0.39 is 5.97 Å². The van der Waals surface area contributed by atoms with Gasteiger partial charge in [0.05, 0.1) is 12.5 Å². The first kappa shape index (κ1) is 10.4. The number of pyridine rings is 1. The Kier molecular flexibility index (Phi) is 3.00. The Bertz CT molecular complexity index is 451. The van der Waals surface area contributed by atoms with Crippen LogP contribution in [-0.2, 0) is 4.79 Å². The third-order valence-electron chi connectivity index (χ3n) is 2.45. The van der Waals surface area contributed by atoms with Crippen molar-refractivity contribution in [2.75, 3.05) is 0 Å². The molecule has 1 unspecified atom stereocenters. The van der Waals surface area contributed by atoms with Crippen molar-refractivity contribution in [1.29, 1.82) is 0 Å². The maximum Gasteiger partial charge on any atom is 0.305 e. The van der Waals surface area contributed by atoms with Crippen LogP contribution in [0.1, 0.15) is 18.0 Å². The van der Waals surface area contributed by atoms with E-state index in [2.05, 4.69) is 4.98 Å². The molecule has 0 aliphatic heterocycles. The maximum atomic E-state index is 10.8. The third kappa shape index (κ3) is 2.28. The Morgan fingerprint density at radius 1 is 1.31 bits per heavy atom. The van der Waals surface area contributed by atoms with Crippen molar-refractivity contribution in [2.45, 2.75) is 12.5 Å². The standard InChI is InChI=1S/C12H12N2O2/c15-12(16)9-11(14-7-1-2-8-14)10-3-5-13-6-4-10/h1-8,11H,9H2,(H,15,16). The molecule has 4 heteroatoms. The lowest BCUT2D eigenvalue weighted by Crippen LogP contribution is -2.13. The molecular weight excluding hydrogens is 204 g/mol. The largest absolute Gasteiger partial charge is 0.481 e. The van der Waals surface area contributed by atoms with Crippen LogP contribution in [0.15, 0.2) is 49.1 Å². The number of aromatic nitrogens is 2. The highest BCUT2D eigenvalue weighted by Crippen LogP contribution is 2.21. The van der Waals surface area contributed by atoms with Crippen molar-refractivity contribution in [3.05, 3.63) is 54.6 Å². The number of carbonyl (C=O) groups is 1. The van der Waals surface area contributed by atoms with Crippen LogP contribution in [0.2, 0.25) is 0 Å². The topological polar surface area (TPSA) is 55.1 Å². The first-order chi connectivity index (χ1) is 7.77. The molecule has 0 saturated heterocycles. The zero-order chi connectivity index (χ0) is 11.4. The maximum absolute atomic E-state index is 10.8. The van der Waals surface area contributed by atoms with Crippen LogP contribution < -0.4 is 0 Å². The molecular formula is C12H12N2O2. The van der Waals surface area contributed by atoms with E-state index in [1.54, 1.807) is 12.4 Å². The van der Waals surface area contributed by atoms with Gasteiger partial charge < -0.3 is 9.67 Å². The van der Waals surface area contributed by atoms with Gasteiger partial charge in [0.1, 0.15) is 0 Å². The highest BCUT2D eigenvalue weighted by atomic mass is 16.4. The van der Waals surface area contributed by atoms with E-state index in [-0.39, 0.29) is 12.5 Å². The minimum Gasteiger partial charge on any atom is -0.481 e. The average Bonchev–Trinajstić information content (AvgIpc) is 2.80. The van der Waals surface area contributed by atoms with Crippen molar-refractivity contribution < 1.29 is 9.90 Å². The number of rotatable bonds is 4. The quantitative estimate of drug-likeness (QED) is 0.849. The van der Waals surface area contributed by atoms with E-state index >= 15 is 0 Å². The molecule has 0 amide bonds. The van der Waals surface area contributed by atoms with Gasteiger partial charge in [0.15, 0.2) is 0 Å². The normalized spacial score (nSPS) is 12.2. The molecule has 0 fully saturated rings. The second-order valence-corrected chi connectivity index (χ2v) is 3.52. The lowest BCUT2D eigenvalue weighted by molar-refractivity contribution is -0.137. The Hall–Kier alpha value is -2.10. The van der Waals surface area contributed by atoms with Crippen molar-refractivity contribution in [3.8, 4) is 0 Å². The van der Waals surface area contributed by atoms with Crippen LogP contribution in [0.4, 0.5) is 0 Å². The predicted molar refractivity (Wildman–Crippen MR) is 59.1 cm³/mol. The Morgan fingerprint density at radius 2 is 1.94 bits per heavy atom. The fourth-order valence-electron chi connectivity index (χ4n) is 1.70. The van der Waals surface area contributed by atoms with Gasteiger partial charge in [-0.1, -0.05) is 0 Å². The van der Waals surface area contributed by atoms with Gasteiger partial charge in [-0.2, -0.15) is 0 Å². The van der Waals surface area contributed by atoms with Crippen molar-refractivity contribution in [1.82, 2.24) is 9.55 Å². The molecule has 82 valence electrons. The summed E-state index contributed by atoms with van der Waals surface area (Å²) in [5.74, 6) is -0.810. The van der Waals surface area contributed by atoms with Gasteiger partial charge in [0, 0.05) is 24.8 Å². The Labute approximate surface area is 93.2 Å². The Morgan fingerprint density at radius 3 is 2.50 bits per heavy atom. The lowest BCUT2D eigenvalue weighted by atomic mass is 10.1. The van der Waals surface area contributed by atoms with Crippen LogP contribution in [0, 0.1) is 0 Å². The molecule has 0 saturated carbocycles. The zero-order valence-electron chi connectivity index (χ0n) is 8.65. The smallest absolute Gasteiger partial charge is 0.305 e. The van der Waals surface area contributed by atoms with Crippen LogP contribution in [-0.4, -0.2) is 20.6 Å². The summed E-state index contributed by atoms with van der Waals surface area (Å²) in [6.45, 7) is 0. The second kappa shape index (κ2) is 4.61. The molecule has 1 N–H and O–H groups in total. The summed E-state index contributed by atoms with van der Waals surface area (Å²) in [4.78, 5) is 14.8. The molecule has 16 heavy (non-hydrogen) atoms. The molecule has 2 aromatic rings. The summed E-state index contributed by atoms with van der Waals surface area (Å²) in [6.07, 6.45) is 7.15. The van der Waals surface area contributed by atoms with Crippen molar-refractivity contribution >= 4 is 5.97 Å². The second-order valence-electron chi connectivity index (χ2n) is 3.52. The van der Waals surface area contributed by atoms with E-state index in [1.165, 1.54) is 0 Å². The monoisotopic (exact) mass is 216 g/mol. The molecule has 0 radical (unpaired) electrons. The molecule has 0 bridgehead atoms. The van der Waals surface area contributed by atoms with E-state index in [9.17, 15) is 4.79 Å². The minimum atomic E-state index is -0.810. The van der Waals surface area contributed by atoms with Crippen molar-refractivity contribution in [2.24, 2.45) is 0 Å². The highest BCUT2D eigenvalue weighted by molar-refractivity contribution is 5.68. The number of aliphatic carboxylic acids is 1. The van der Waals surface area contributed by atoms with Crippen molar-refractivity contribution in [3.63, 3.8) is 0 Å². The van der Waals surface area contributed by atoms with Gasteiger partial charge in [-0.3, -0.25) is 9.78 Å². The third-order valence-corrected chi connectivity index (χ3v) is 2.45. The van der Waals surface area contributed by atoms with E-state index in [0.717, 1.165) is 5.56 Å². The lowest BCUT2D eigenvalue weighted by Gasteiger charge is -2.17. The summed E-state index contributed by atoms with van der Waals surface area (Å²) in [5.41, 5.74) is 0.952. The van der Waals surface area contributed by atoms with Gasteiger partial charge >= 0.3 is 5.97 Å². The molecule has 1 atom stereocenters. The number of hydrogen-bond donors (Lipinski definition) is 1. The minimum absolute atomic E-state index is 0.0681. The summed E-state index contributed by atoms with van der Waals surface area (Å²) in [7, 11) is 0. The fraction of sp³-hybridized carbons (Fsp3) is 0.167. The predicted octanol–water partition coefficient (Wildman–Crippen LogP) is 1.95. The summed E-state index contributed by atoms with van der Waals surface area (Å²) in [6, 6.07) is 7.28. The van der Waals surface area contributed by atoms with Crippen LogP contribution in [0.3, 0.4) is 0 Å². The number of hydrogen-bond acceptors (Lipinski definition) is 2. The van der Waals surface area contributed by atoms with Crippen LogP contribution in [0.25, 0.3) is 0 Å².